The predicted octanol–water partition coefficient (Wildman–Crippen LogP) is 5.35. The second-order valence-electron chi connectivity index (χ2n) is 14.9. The van der Waals surface area contributed by atoms with E-state index in [1.807, 2.05) is 78.9 Å². The number of carbonyl (C=O) groups excluding carboxylic acids is 3. The quantitative estimate of drug-likeness (QED) is 0.0230. The van der Waals surface area contributed by atoms with Crippen LogP contribution < -0.4 is 25.9 Å². The maximum Gasteiger partial charge on any atom is 0.355 e. The lowest BCUT2D eigenvalue weighted by molar-refractivity contribution is -0.725. The SMILES string of the molecule is CO/N=C(\C(=O)N[C@@H]1C(=O)N2C(C(=O)OCc3ccc(OC)cc3)=C(C[n+]3nn(N)c4ccccc43)CS[C@H]12)c1csc(NC(c2ccccc2)(c2ccccc2)c2ccccc2)n1. The van der Waals surface area contributed by atoms with Crippen molar-refractivity contribution in [3.8, 4) is 5.75 Å². The van der Waals surface area contributed by atoms with E-state index in [-0.39, 0.29) is 30.3 Å². The maximum absolute atomic E-state index is 14.2. The number of thiazole rings is 1. The van der Waals surface area contributed by atoms with Crippen molar-refractivity contribution in [1.29, 1.82) is 0 Å². The number of methoxy groups -OCH3 is 1. The summed E-state index contributed by atoms with van der Waals surface area (Å²) in [4.78, 5) is 55.1. The molecule has 0 aliphatic carbocycles. The number of hydrogen-bond donors (Lipinski definition) is 3. The van der Waals surface area contributed by atoms with Gasteiger partial charge in [0.25, 0.3) is 11.8 Å². The van der Waals surface area contributed by atoms with E-state index in [1.54, 1.807) is 41.4 Å². The number of carbonyl (C=O) groups is 3. The second kappa shape index (κ2) is 18.1. The van der Waals surface area contributed by atoms with Crippen LogP contribution in [0.1, 0.15) is 27.9 Å². The summed E-state index contributed by atoms with van der Waals surface area (Å²) in [5, 5.41) is 16.7. The van der Waals surface area contributed by atoms with Crippen molar-refractivity contribution in [3.05, 3.63) is 184 Å². The van der Waals surface area contributed by atoms with Crippen LogP contribution in [0.5, 0.6) is 5.75 Å². The molecule has 7 aromatic rings. The first-order valence-electron chi connectivity index (χ1n) is 20.2. The van der Waals surface area contributed by atoms with Crippen LogP contribution in [-0.4, -0.2) is 74.8 Å². The number of aromatic nitrogens is 4. The highest BCUT2D eigenvalue weighted by atomic mass is 32.2. The lowest BCUT2D eigenvalue weighted by atomic mass is 9.77. The predicted molar refractivity (Wildman–Crippen MR) is 243 cm³/mol. The smallest absolute Gasteiger partial charge is 0.355 e. The minimum atomic E-state index is -1.000. The molecule has 1 saturated heterocycles. The molecule has 4 N–H and O–H groups in total. The minimum absolute atomic E-state index is 0.0440. The fraction of sp³-hybridized carbons (Fsp3) is 0.170. The zero-order chi connectivity index (χ0) is 44.2. The highest BCUT2D eigenvalue weighted by Gasteiger charge is 2.55. The number of nitrogens with two attached hydrogens (primary N) is 1. The number of hydrogen-bond acceptors (Lipinski definition) is 13. The topological polar surface area (TPSA) is 179 Å². The van der Waals surface area contributed by atoms with Crippen molar-refractivity contribution in [3.63, 3.8) is 0 Å². The van der Waals surface area contributed by atoms with Gasteiger partial charge in [0, 0.05) is 16.7 Å². The fourth-order valence-electron chi connectivity index (χ4n) is 8.01. The molecule has 2 atom stereocenters. The third-order valence-electron chi connectivity index (χ3n) is 11.1. The summed E-state index contributed by atoms with van der Waals surface area (Å²) < 4.78 is 12.8. The van der Waals surface area contributed by atoms with Gasteiger partial charge in [-0.05, 0) is 51.3 Å². The van der Waals surface area contributed by atoms with E-state index >= 15 is 0 Å². The molecule has 5 aromatic carbocycles. The van der Waals surface area contributed by atoms with Crippen LogP contribution in [0, 0.1) is 0 Å². The molecule has 322 valence electrons. The number of para-hydroxylation sites is 2. The first-order valence-corrected chi connectivity index (χ1v) is 22.1. The van der Waals surface area contributed by atoms with Crippen LogP contribution in [-0.2, 0) is 42.6 Å². The highest BCUT2D eigenvalue weighted by Crippen LogP contribution is 2.42. The normalized spacial score (nSPS) is 16.2. The summed E-state index contributed by atoms with van der Waals surface area (Å²) in [5.41, 5.74) is 5.05. The summed E-state index contributed by atoms with van der Waals surface area (Å²) in [5.74, 6) is 5.32. The number of anilines is 1. The number of β-lactam (4-membered cyclic amide) rings is 1. The van der Waals surface area contributed by atoms with Crippen molar-refractivity contribution >= 4 is 62.8 Å². The van der Waals surface area contributed by atoms with Gasteiger partial charge in [0.2, 0.25) is 11.0 Å². The number of esters is 1. The van der Waals surface area contributed by atoms with Crippen LogP contribution >= 0.6 is 23.1 Å². The number of fused-ring (bicyclic) bond motifs is 2. The van der Waals surface area contributed by atoms with Gasteiger partial charge in [-0.15, -0.1) is 27.8 Å². The second-order valence-corrected chi connectivity index (χ2v) is 16.8. The molecule has 0 saturated carbocycles. The Hall–Kier alpha value is -7.50. The number of nitrogen functional groups attached to an aromatic ring is 1. The Kier molecular flexibility index (Phi) is 11.8. The first kappa shape index (κ1) is 41.8. The monoisotopic (exact) mass is 892 g/mol. The molecule has 2 aliphatic rings. The van der Waals surface area contributed by atoms with Gasteiger partial charge in [-0.25, -0.2) is 15.6 Å². The number of nitrogens with one attached hydrogen (secondary N) is 2. The Bertz CT molecular complexity index is 2790. The Morgan fingerprint density at radius 1 is 0.875 bits per heavy atom. The summed E-state index contributed by atoms with van der Waals surface area (Å²) in [6.45, 7) is 0.112. The van der Waals surface area contributed by atoms with Gasteiger partial charge in [0.15, 0.2) is 10.8 Å². The molecule has 2 amide bonds. The van der Waals surface area contributed by atoms with Crippen molar-refractivity contribution in [2.24, 2.45) is 5.16 Å². The van der Waals surface area contributed by atoms with Crippen molar-refractivity contribution in [2.75, 3.05) is 31.1 Å². The van der Waals surface area contributed by atoms with Gasteiger partial charge in [-0.1, -0.05) is 120 Å². The van der Waals surface area contributed by atoms with Crippen molar-refractivity contribution in [1.82, 2.24) is 25.2 Å². The van der Waals surface area contributed by atoms with Gasteiger partial charge in [0.1, 0.15) is 59.6 Å². The molecule has 2 aromatic heterocycles. The van der Waals surface area contributed by atoms with Crippen LogP contribution in [0.4, 0.5) is 5.13 Å². The number of nitrogens with zero attached hydrogens (tertiary/aromatic N) is 6. The summed E-state index contributed by atoms with van der Waals surface area (Å²) in [6.07, 6.45) is 0. The molecule has 1 fully saturated rings. The molecule has 9 rings (SSSR count). The third-order valence-corrected chi connectivity index (χ3v) is 13.2. The van der Waals surface area contributed by atoms with E-state index in [0.717, 1.165) is 27.8 Å². The summed E-state index contributed by atoms with van der Waals surface area (Å²) in [7, 11) is 2.91. The average molecular weight is 893 g/mol. The number of amides is 2. The molecule has 0 unspecified atom stereocenters. The molecule has 4 heterocycles. The Morgan fingerprint density at radius 2 is 1.50 bits per heavy atom. The first-order chi connectivity index (χ1) is 31.3. The molecule has 0 radical (unpaired) electrons. The molecule has 64 heavy (non-hydrogen) atoms. The lowest BCUT2D eigenvalue weighted by Gasteiger charge is -2.49. The van der Waals surface area contributed by atoms with Gasteiger partial charge < -0.3 is 24.9 Å². The van der Waals surface area contributed by atoms with Crippen LogP contribution in [0.2, 0.25) is 0 Å². The molecule has 0 bridgehead atoms. The lowest BCUT2D eigenvalue weighted by Crippen LogP contribution is -2.71. The summed E-state index contributed by atoms with van der Waals surface area (Å²) in [6, 6.07) is 43.8. The van der Waals surface area contributed by atoms with E-state index < -0.39 is 34.7 Å². The molecule has 2 aliphatic heterocycles. The van der Waals surface area contributed by atoms with Gasteiger partial charge in [-0.3, -0.25) is 14.5 Å². The van der Waals surface area contributed by atoms with Crippen LogP contribution in [0.15, 0.2) is 161 Å². The van der Waals surface area contributed by atoms with E-state index in [0.29, 0.717) is 27.7 Å². The van der Waals surface area contributed by atoms with E-state index in [2.05, 4.69) is 57.4 Å². The third kappa shape index (κ3) is 7.90. The standard InChI is InChI=1S/C47H41N9O6S2/c1-60-35-24-22-30(23-25-35)27-62-45(59)41-31(26-54-37-20-12-13-21-38(37)56(48)53-54)28-63-44-40(43(58)55(41)44)50-42(57)39(52-61-2)36-29-64-46(49-36)51-47(32-14-6-3-7-15-32,33-16-8-4-9-17-33)34-18-10-5-11-19-34/h3-25,29,40,44H,26-28H2,1-2H3,(H3-,48,49,50,51,53,57)/p+1/b52-39-/t40-,44-/m1/s1. The maximum atomic E-state index is 14.2. The van der Waals surface area contributed by atoms with Gasteiger partial charge >= 0.3 is 5.97 Å². The fourth-order valence-corrected chi connectivity index (χ4v) is 10.1. The number of oxime groups is 1. The highest BCUT2D eigenvalue weighted by molar-refractivity contribution is 8.00. The molecule has 0 spiro atoms. The number of rotatable bonds is 15. The van der Waals surface area contributed by atoms with Crippen LogP contribution in [0.3, 0.4) is 0 Å². The number of benzene rings is 5. The molecular weight excluding hydrogens is 851 g/mol. The number of thioether (sulfide) groups is 1. The average Bonchev–Trinajstić information content (AvgIpc) is 3.94. The van der Waals surface area contributed by atoms with E-state index in [9.17, 15) is 14.4 Å². The molecule has 17 heteroatoms. The zero-order valence-electron chi connectivity index (χ0n) is 34.7. The van der Waals surface area contributed by atoms with Gasteiger partial charge in [0.05, 0.1) is 7.11 Å². The minimum Gasteiger partial charge on any atom is -0.497 e. The molecular formula is C47H42N9O6S2+. The largest absolute Gasteiger partial charge is 0.497 e. The number of ether oxygens (including phenoxy) is 2. The van der Waals surface area contributed by atoms with Gasteiger partial charge in [-0.2, -0.15) is 0 Å². The zero-order valence-corrected chi connectivity index (χ0v) is 36.3. The Labute approximate surface area is 376 Å². The van der Waals surface area contributed by atoms with E-state index in [1.165, 1.54) is 39.9 Å². The van der Waals surface area contributed by atoms with Crippen molar-refractivity contribution in [2.45, 2.75) is 30.1 Å². The van der Waals surface area contributed by atoms with Crippen LogP contribution in [0.25, 0.3) is 11.0 Å². The van der Waals surface area contributed by atoms with Crippen molar-refractivity contribution < 1.29 is 33.4 Å². The Morgan fingerprint density at radius 3 is 2.12 bits per heavy atom. The Balaban J connectivity index is 0.978. The summed E-state index contributed by atoms with van der Waals surface area (Å²) >= 11 is 2.71. The molecule has 15 nitrogen and oxygen atoms in total. The van der Waals surface area contributed by atoms with E-state index in [4.69, 9.17) is 25.1 Å².